The highest BCUT2D eigenvalue weighted by molar-refractivity contribution is 7.99. The van der Waals surface area contributed by atoms with E-state index in [0.29, 0.717) is 4.99 Å². The van der Waals surface area contributed by atoms with Gasteiger partial charge in [0.2, 0.25) is 0 Å². The first-order valence-electron chi connectivity index (χ1n) is 6.06. The number of nitrogens with zero attached hydrogens (tertiary/aromatic N) is 1. The van der Waals surface area contributed by atoms with Gasteiger partial charge in [0.25, 0.3) is 0 Å². The van der Waals surface area contributed by atoms with Crippen LogP contribution in [-0.4, -0.2) is 40.5 Å². The van der Waals surface area contributed by atoms with E-state index in [1.807, 2.05) is 0 Å². The zero-order valence-corrected chi connectivity index (χ0v) is 12.3. The molecule has 94 valence electrons. The van der Waals surface area contributed by atoms with Gasteiger partial charge < -0.3 is 10.6 Å². The van der Waals surface area contributed by atoms with Crippen LogP contribution >= 0.6 is 24.0 Å². The summed E-state index contributed by atoms with van der Waals surface area (Å²) in [6, 6.07) is 0. The molecule has 4 heteroatoms. The van der Waals surface area contributed by atoms with Gasteiger partial charge in [-0.3, -0.25) is 0 Å². The van der Waals surface area contributed by atoms with Crippen molar-refractivity contribution in [3.63, 3.8) is 0 Å². The molecule has 0 spiro atoms. The van der Waals surface area contributed by atoms with Gasteiger partial charge in [-0.05, 0) is 19.4 Å². The summed E-state index contributed by atoms with van der Waals surface area (Å²) in [5.41, 5.74) is 5.75. The maximum atomic E-state index is 5.73. The number of hydrogen-bond donors (Lipinski definition) is 1. The maximum Gasteiger partial charge on any atom is 0.0784 e. The second-order valence-electron chi connectivity index (χ2n) is 5.33. The molecule has 0 saturated carbocycles. The standard InChI is InChI=1S/C12H24N2S2/c1-10-9-14(7-8-16-10)6-4-5-12(2,3)11(13)15/h10H,4-9H2,1-3H3,(H2,13,15). The lowest BCUT2D eigenvalue weighted by Gasteiger charge is -2.31. The Balaban J connectivity index is 2.22. The minimum Gasteiger partial charge on any atom is -0.393 e. The van der Waals surface area contributed by atoms with Crippen LogP contribution in [0, 0.1) is 5.41 Å². The van der Waals surface area contributed by atoms with Crippen LogP contribution in [0.25, 0.3) is 0 Å². The van der Waals surface area contributed by atoms with Crippen molar-refractivity contribution in [3.05, 3.63) is 0 Å². The third-order valence-electron chi connectivity index (χ3n) is 3.27. The van der Waals surface area contributed by atoms with Gasteiger partial charge in [-0.25, -0.2) is 0 Å². The number of thiocarbonyl (C=S) groups is 1. The third kappa shape index (κ3) is 4.60. The van der Waals surface area contributed by atoms with Crippen molar-refractivity contribution >= 4 is 29.0 Å². The summed E-state index contributed by atoms with van der Waals surface area (Å²) in [4.78, 5) is 3.21. The van der Waals surface area contributed by atoms with Gasteiger partial charge >= 0.3 is 0 Å². The summed E-state index contributed by atoms with van der Waals surface area (Å²) in [5.74, 6) is 1.28. The molecule has 0 aromatic rings. The number of hydrogen-bond acceptors (Lipinski definition) is 3. The second-order valence-corrected chi connectivity index (χ2v) is 7.32. The normalized spacial score (nSPS) is 23.3. The van der Waals surface area contributed by atoms with Crippen molar-refractivity contribution in [3.8, 4) is 0 Å². The third-order valence-corrected chi connectivity index (χ3v) is 4.96. The van der Waals surface area contributed by atoms with Crippen molar-refractivity contribution < 1.29 is 0 Å². The topological polar surface area (TPSA) is 29.3 Å². The smallest absolute Gasteiger partial charge is 0.0784 e. The number of nitrogens with two attached hydrogens (primary N) is 1. The Kier molecular flexibility index (Phi) is 5.54. The van der Waals surface area contributed by atoms with Gasteiger partial charge in [0.15, 0.2) is 0 Å². The van der Waals surface area contributed by atoms with Gasteiger partial charge in [0, 0.05) is 29.5 Å². The summed E-state index contributed by atoms with van der Waals surface area (Å²) < 4.78 is 0. The molecular weight excluding hydrogens is 236 g/mol. The van der Waals surface area contributed by atoms with E-state index in [1.165, 1.54) is 31.8 Å². The van der Waals surface area contributed by atoms with Crippen LogP contribution in [0.15, 0.2) is 0 Å². The summed E-state index contributed by atoms with van der Waals surface area (Å²) in [7, 11) is 0. The summed E-state index contributed by atoms with van der Waals surface area (Å²) in [6.45, 7) is 10.3. The Morgan fingerprint density at radius 3 is 2.81 bits per heavy atom. The van der Waals surface area contributed by atoms with E-state index in [0.717, 1.165) is 11.7 Å². The molecule has 0 aromatic carbocycles. The van der Waals surface area contributed by atoms with Gasteiger partial charge in [0.05, 0.1) is 4.99 Å². The Morgan fingerprint density at radius 2 is 2.25 bits per heavy atom. The summed E-state index contributed by atoms with van der Waals surface area (Å²) in [5, 5.41) is 0.789. The SMILES string of the molecule is CC1CN(CCCC(C)(C)C(N)=S)CCS1. The molecule has 1 heterocycles. The lowest BCUT2D eigenvalue weighted by atomic mass is 9.88. The predicted octanol–water partition coefficient (Wildman–Crippen LogP) is 2.52. The number of rotatable bonds is 5. The Morgan fingerprint density at radius 1 is 1.56 bits per heavy atom. The Hall–Kier alpha value is 0.200. The highest BCUT2D eigenvalue weighted by Gasteiger charge is 2.22. The fourth-order valence-electron chi connectivity index (χ4n) is 1.96. The van der Waals surface area contributed by atoms with Crippen molar-refractivity contribution in [2.75, 3.05) is 25.4 Å². The average Bonchev–Trinajstić information content (AvgIpc) is 2.17. The van der Waals surface area contributed by atoms with Crippen LogP contribution in [0.2, 0.25) is 0 Å². The van der Waals surface area contributed by atoms with Crippen LogP contribution in [0.5, 0.6) is 0 Å². The fourth-order valence-corrected chi connectivity index (χ4v) is 3.15. The molecule has 1 fully saturated rings. The van der Waals surface area contributed by atoms with Gasteiger partial charge in [-0.1, -0.05) is 33.0 Å². The first kappa shape index (κ1) is 14.3. The largest absolute Gasteiger partial charge is 0.393 e. The molecule has 1 atom stereocenters. The van der Waals surface area contributed by atoms with E-state index < -0.39 is 0 Å². The van der Waals surface area contributed by atoms with Crippen LogP contribution < -0.4 is 5.73 Å². The molecule has 0 bridgehead atoms. The second kappa shape index (κ2) is 6.22. The molecule has 1 aliphatic rings. The minimum absolute atomic E-state index is 0.0193. The molecule has 1 aliphatic heterocycles. The summed E-state index contributed by atoms with van der Waals surface area (Å²) in [6.07, 6.45) is 2.29. The number of thioether (sulfide) groups is 1. The Bertz CT molecular complexity index is 241. The first-order valence-corrected chi connectivity index (χ1v) is 7.51. The molecule has 1 unspecified atom stereocenters. The van der Waals surface area contributed by atoms with E-state index in [1.54, 1.807) is 0 Å². The molecule has 0 amide bonds. The zero-order valence-electron chi connectivity index (χ0n) is 10.7. The highest BCUT2D eigenvalue weighted by Crippen LogP contribution is 2.24. The zero-order chi connectivity index (χ0) is 12.2. The van der Waals surface area contributed by atoms with Crippen molar-refractivity contribution in [1.82, 2.24) is 4.90 Å². The molecule has 0 aromatic heterocycles. The van der Waals surface area contributed by atoms with Crippen LogP contribution in [0.4, 0.5) is 0 Å². The van der Waals surface area contributed by atoms with Crippen LogP contribution in [0.1, 0.15) is 33.6 Å². The van der Waals surface area contributed by atoms with E-state index in [9.17, 15) is 0 Å². The molecule has 1 saturated heterocycles. The molecule has 1 rings (SSSR count). The molecule has 16 heavy (non-hydrogen) atoms. The minimum atomic E-state index is 0.0193. The van der Waals surface area contributed by atoms with E-state index in [-0.39, 0.29) is 5.41 Å². The lowest BCUT2D eigenvalue weighted by molar-refractivity contribution is 0.269. The first-order chi connectivity index (χ1) is 7.42. The van der Waals surface area contributed by atoms with Crippen molar-refractivity contribution in [2.45, 2.75) is 38.9 Å². The quantitative estimate of drug-likeness (QED) is 0.769. The van der Waals surface area contributed by atoms with E-state index >= 15 is 0 Å². The molecule has 2 nitrogen and oxygen atoms in total. The monoisotopic (exact) mass is 260 g/mol. The molecule has 0 radical (unpaired) electrons. The predicted molar refractivity (Wildman–Crippen MR) is 78.2 cm³/mol. The Labute approximate surface area is 109 Å². The van der Waals surface area contributed by atoms with Crippen LogP contribution in [-0.2, 0) is 0 Å². The average molecular weight is 260 g/mol. The lowest BCUT2D eigenvalue weighted by Crippen LogP contribution is -2.38. The molecular formula is C12H24N2S2. The fraction of sp³-hybridized carbons (Fsp3) is 0.917. The van der Waals surface area contributed by atoms with Gasteiger partial charge in [-0.2, -0.15) is 11.8 Å². The van der Waals surface area contributed by atoms with Crippen molar-refractivity contribution in [2.24, 2.45) is 11.1 Å². The maximum absolute atomic E-state index is 5.73. The van der Waals surface area contributed by atoms with Crippen LogP contribution in [0.3, 0.4) is 0 Å². The molecule has 2 N–H and O–H groups in total. The van der Waals surface area contributed by atoms with Gasteiger partial charge in [0.1, 0.15) is 0 Å². The summed E-state index contributed by atoms with van der Waals surface area (Å²) >= 11 is 7.16. The highest BCUT2D eigenvalue weighted by atomic mass is 32.2. The van der Waals surface area contributed by atoms with E-state index in [2.05, 4.69) is 37.4 Å². The van der Waals surface area contributed by atoms with Gasteiger partial charge in [-0.15, -0.1) is 0 Å². The van der Waals surface area contributed by atoms with Crippen molar-refractivity contribution in [1.29, 1.82) is 0 Å². The van der Waals surface area contributed by atoms with E-state index in [4.69, 9.17) is 18.0 Å². The molecule has 0 aliphatic carbocycles.